The molecule has 1 N–H and O–H groups in total. The highest BCUT2D eigenvalue weighted by atomic mass is 14.9. The summed E-state index contributed by atoms with van der Waals surface area (Å²) in [6.07, 6.45) is 10.3. The zero-order valence-electron chi connectivity index (χ0n) is 9.32. The van der Waals surface area contributed by atoms with E-state index >= 15 is 0 Å². The molecule has 1 saturated carbocycles. The molecule has 1 unspecified atom stereocenters. The van der Waals surface area contributed by atoms with Crippen LogP contribution in [0.5, 0.6) is 0 Å². The van der Waals surface area contributed by atoms with Gasteiger partial charge in [-0.3, -0.25) is 0 Å². The Bertz CT molecular complexity index is 280. The standard InChI is InChI=1S/C12H19N3/c1-13-12(8-10-4-2-3-5-10)11-6-7-14-9-15-11/h6-7,9-10,12-13H,2-5,8H2,1H3. The second-order valence-corrected chi connectivity index (χ2v) is 4.36. The average Bonchev–Trinajstić information content (AvgIpc) is 2.80. The molecular weight excluding hydrogens is 186 g/mol. The fourth-order valence-corrected chi connectivity index (χ4v) is 2.47. The van der Waals surface area contributed by atoms with Crippen molar-refractivity contribution in [1.29, 1.82) is 0 Å². The summed E-state index contributed by atoms with van der Waals surface area (Å²) in [5.74, 6) is 0.886. The molecule has 1 atom stereocenters. The Labute approximate surface area is 91.3 Å². The number of hydrogen-bond acceptors (Lipinski definition) is 3. The van der Waals surface area contributed by atoms with Crippen molar-refractivity contribution in [1.82, 2.24) is 15.3 Å². The summed E-state index contributed by atoms with van der Waals surface area (Å²) < 4.78 is 0. The molecule has 1 heterocycles. The molecule has 1 aromatic heterocycles. The van der Waals surface area contributed by atoms with Crippen molar-refractivity contribution in [2.45, 2.75) is 38.1 Å². The maximum atomic E-state index is 4.32. The van der Waals surface area contributed by atoms with E-state index in [1.807, 2.05) is 19.3 Å². The lowest BCUT2D eigenvalue weighted by Crippen LogP contribution is -2.20. The third-order valence-corrected chi connectivity index (χ3v) is 3.35. The molecule has 0 amide bonds. The van der Waals surface area contributed by atoms with Crippen LogP contribution in [0.4, 0.5) is 0 Å². The monoisotopic (exact) mass is 205 g/mol. The Kier molecular flexibility index (Phi) is 3.67. The molecule has 1 aromatic rings. The summed E-state index contributed by atoms with van der Waals surface area (Å²) in [7, 11) is 2.02. The molecule has 0 radical (unpaired) electrons. The fourth-order valence-electron chi connectivity index (χ4n) is 2.47. The summed E-state index contributed by atoms with van der Waals surface area (Å²) in [5, 5.41) is 3.35. The predicted octanol–water partition coefficient (Wildman–Crippen LogP) is 2.32. The summed E-state index contributed by atoms with van der Waals surface area (Å²) in [6.45, 7) is 0. The Morgan fingerprint density at radius 2 is 2.27 bits per heavy atom. The van der Waals surface area contributed by atoms with E-state index in [2.05, 4.69) is 15.3 Å². The third-order valence-electron chi connectivity index (χ3n) is 3.35. The quantitative estimate of drug-likeness (QED) is 0.819. The molecule has 15 heavy (non-hydrogen) atoms. The van der Waals surface area contributed by atoms with Crippen LogP contribution in [0.1, 0.15) is 43.8 Å². The van der Waals surface area contributed by atoms with Crippen molar-refractivity contribution < 1.29 is 0 Å². The van der Waals surface area contributed by atoms with E-state index in [1.54, 1.807) is 6.33 Å². The first kappa shape index (κ1) is 10.6. The van der Waals surface area contributed by atoms with Gasteiger partial charge in [-0.15, -0.1) is 0 Å². The highest BCUT2D eigenvalue weighted by Crippen LogP contribution is 2.32. The average molecular weight is 205 g/mol. The lowest BCUT2D eigenvalue weighted by atomic mass is 9.96. The number of nitrogens with zero attached hydrogens (tertiary/aromatic N) is 2. The molecule has 0 bridgehead atoms. The largest absolute Gasteiger partial charge is 0.312 e. The first-order valence-corrected chi connectivity index (χ1v) is 5.83. The molecule has 3 heteroatoms. The minimum atomic E-state index is 0.399. The van der Waals surface area contributed by atoms with Crippen molar-refractivity contribution in [2.24, 2.45) is 5.92 Å². The second kappa shape index (κ2) is 5.21. The van der Waals surface area contributed by atoms with Gasteiger partial charge in [0.15, 0.2) is 0 Å². The molecule has 0 aromatic carbocycles. The van der Waals surface area contributed by atoms with Gasteiger partial charge in [-0.2, -0.15) is 0 Å². The maximum absolute atomic E-state index is 4.32. The zero-order chi connectivity index (χ0) is 10.5. The van der Waals surface area contributed by atoms with Crippen LogP contribution in [-0.4, -0.2) is 17.0 Å². The summed E-state index contributed by atoms with van der Waals surface area (Å²) >= 11 is 0. The molecule has 1 aliphatic carbocycles. The van der Waals surface area contributed by atoms with Crippen molar-refractivity contribution in [3.8, 4) is 0 Å². The molecule has 0 aliphatic heterocycles. The van der Waals surface area contributed by atoms with E-state index in [-0.39, 0.29) is 0 Å². The van der Waals surface area contributed by atoms with Crippen LogP contribution in [0.2, 0.25) is 0 Å². The molecule has 82 valence electrons. The van der Waals surface area contributed by atoms with Crippen LogP contribution >= 0.6 is 0 Å². The van der Waals surface area contributed by atoms with Gasteiger partial charge in [0, 0.05) is 12.2 Å². The van der Waals surface area contributed by atoms with E-state index < -0.39 is 0 Å². The van der Waals surface area contributed by atoms with Gasteiger partial charge in [0.2, 0.25) is 0 Å². The minimum absolute atomic E-state index is 0.399. The van der Waals surface area contributed by atoms with Gasteiger partial charge in [0.25, 0.3) is 0 Å². The molecular formula is C12H19N3. The Morgan fingerprint density at radius 3 is 2.87 bits per heavy atom. The lowest BCUT2D eigenvalue weighted by molar-refractivity contribution is 0.407. The van der Waals surface area contributed by atoms with Crippen LogP contribution in [0, 0.1) is 5.92 Å². The highest BCUT2D eigenvalue weighted by molar-refractivity contribution is 5.04. The van der Waals surface area contributed by atoms with Gasteiger partial charge in [0.05, 0.1) is 5.69 Å². The van der Waals surface area contributed by atoms with E-state index in [0.29, 0.717) is 6.04 Å². The summed E-state index contributed by atoms with van der Waals surface area (Å²) in [5.41, 5.74) is 1.12. The summed E-state index contributed by atoms with van der Waals surface area (Å²) in [4.78, 5) is 8.27. The van der Waals surface area contributed by atoms with Crippen molar-refractivity contribution >= 4 is 0 Å². The topological polar surface area (TPSA) is 37.8 Å². The van der Waals surface area contributed by atoms with Crippen LogP contribution in [0.15, 0.2) is 18.6 Å². The fraction of sp³-hybridized carbons (Fsp3) is 0.667. The van der Waals surface area contributed by atoms with Gasteiger partial charge < -0.3 is 5.32 Å². The van der Waals surface area contributed by atoms with E-state index in [4.69, 9.17) is 0 Å². The molecule has 1 fully saturated rings. The molecule has 3 nitrogen and oxygen atoms in total. The normalized spacial score (nSPS) is 19.3. The van der Waals surface area contributed by atoms with Crippen molar-refractivity contribution in [3.63, 3.8) is 0 Å². The molecule has 1 aliphatic rings. The molecule has 0 saturated heterocycles. The smallest absolute Gasteiger partial charge is 0.115 e. The second-order valence-electron chi connectivity index (χ2n) is 4.36. The predicted molar refractivity (Wildman–Crippen MR) is 60.4 cm³/mol. The minimum Gasteiger partial charge on any atom is -0.312 e. The third kappa shape index (κ3) is 2.75. The highest BCUT2D eigenvalue weighted by Gasteiger charge is 2.20. The number of hydrogen-bond donors (Lipinski definition) is 1. The first-order chi connectivity index (χ1) is 7.40. The van der Waals surface area contributed by atoms with Crippen LogP contribution in [-0.2, 0) is 0 Å². The van der Waals surface area contributed by atoms with E-state index in [9.17, 15) is 0 Å². The van der Waals surface area contributed by atoms with Gasteiger partial charge in [-0.1, -0.05) is 25.7 Å². The summed E-state index contributed by atoms with van der Waals surface area (Å²) in [6, 6.07) is 2.41. The maximum Gasteiger partial charge on any atom is 0.115 e. The first-order valence-electron chi connectivity index (χ1n) is 5.83. The Balaban J connectivity index is 1.97. The van der Waals surface area contributed by atoms with E-state index in [0.717, 1.165) is 11.6 Å². The van der Waals surface area contributed by atoms with Gasteiger partial charge >= 0.3 is 0 Å². The SMILES string of the molecule is CNC(CC1CCCC1)c1ccncn1. The van der Waals surface area contributed by atoms with Crippen LogP contribution in [0.3, 0.4) is 0 Å². The van der Waals surface area contributed by atoms with Gasteiger partial charge in [-0.05, 0) is 25.5 Å². The van der Waals surface area contributed by atoms with Crippen molar-refractivity contribution in [3.05, 3.63) is 24.3 Å². The Morgan fingerprint density at radius 1 is 1.47 bits per heavy atom. The van der Waals surface area contributed by atoms with Crippen LogP contribution in [0.25, 0.3) is 0 Å². The van der Waals surface area contributed by atoms with Crippen molar-refractivity contribution in [2.75, 3.05) is 7.05 Å². The lowest BCUT2D eigenvalue weighted by Gasteiger charge is -2.19. The molecule has 2 rings (SSSR count). The van der Waals surface area contributed by atoms with Gasteiger partial charge in [-0.25, -0.2) is 9.97 Å². The molecule has 0 spiro atoms. The number of rotatable bonds is 4. The van der Waals surface area contributed by atoms with E-state index in [1.165, 1.54) is 32.1 Å². The Hall–Kier alpha value is -0.960. The van der Waals surface area contributed by atoms with Gasteiger partial charge in [0.1, 0.15) is 6.33 Å². The number of nitrogens with one attached hydrogen (secondary N) is 1. The zero-order valence-corrected chi connectivity index (χ0v) is 9.32. The van der Waals surface area contributed by atoms with Crippen LogP contribution < -0.4 is 5.32 Å². The number of aromatic nitrogens is 2.